The van der Waals surface area contributed by atoms with Gasteiger partial charge in [-0.15, -0.1) is 0 Å². The van der Waals surface area contributed by atoms with E-state index in [4.69, 9.17) is 0 Å². The molecule has 0 aliphatic heterocycles. The number of allylic oxidation sites excluding steroid dienone is 1. The number of fused-ring (bicyclic) bond motifs is 1. The molecule has 0 aliphatic carbocycles. The molecule has 1 amide bonds. The van der Waals surface area contributed by atoms with Crippen LogP contribution < -0.4 is 10.9 Å². The number of rotatable bonds is 5. The van der Waals surface area contributed by atoms with Crippen LogP contribution in [0.3, 0.4) is 0 Å². The number of nitrogens with zero attached hydrogens (tertiary/aromatic N) is 1. The molecule has 0 bridgehead atoms. The average molecular weight is 372 g/mol. The van der Waals surface area contributed by atoms with Gasteiger partial charge in [0, 0.05) is 17.0 Å². The summed E-state index contributed by atoms with van der Waals surface area (Å²) in [5.74, 6) is -0.130. The normalized spacial score (nSPS) is 11.6. The number of anilines is 1. The van der Waals surface area contributed by atoms with Crippen LogP contribution in [0.5, 0.6) is 0 Å². The van der Waals surface area contributed by atoms with Crippen molar-refractivity contribution in [3.63, 3.8) is 0 Å². The molecular weight excluding hydrogens is 348 g/mol. The monoisotopic (exact) mass is 372 g/mol. The van der Waals surface area contributed by atoms with E-state index in [9.17, 15) is 9.59 Å². The fraction of sp³-hybridized carbons (Fsp3) is 0.167. The van der Waals surface area contributed by atoms with Gasteiger partial charge in [0.05, 0.1) is 11.1 Å². The summed E-state index contributed by atoms with van der Waals surface area (Å²) in [5, 5.41) is 4.16. The lowest BCUT2D eigenvalue weighted by Gasteiger charge is -2.18. The summed E-state index contributed by atoms with van der Waals surface area (Å²) in [6, 6.07) is 17.1. The predicted molar refractivity (Wildman–Crippen MR) is 116 cm³/mol. The van der Waals surface area contributed by atoms with Gasteiger partial charge in [0.2, 0.25) is 0 Å². The minimum absolute atomic E-state index is 0.149. The molecule has 1 aromatic heterocycles. The number of para-hydroxylation sites is 1. The topological polar surface area (TPSA) is 51.1 Å². The molecule has 0 atom stereocenters. The van der Waals surface area contributed by atoms with Crippen molar-refractivity contribution in [3.8, 4) is 5.69 Å². The van der Waals surface area contributed by atoms with Crippen molar-refractivity contribution >= 4 is 22.4 Å². The first-order valence-corrected chi connectivity index (χ1v) is 9.32. The minimum atomic E-state index is -0.288. The average Bonchev–Trinajstić information content (AvgIpc) is 2.69. The first-order chi connectivity index (χ1) is 13.5. The van der Waals surface area contributed by atoms with Crippen LogP contribution in [0.4, 0.5) is 5.69 Å². The fourth-order valence-corrected chi connectivity index (χ4v) is 3.29. The number of hydrogen-bond acceptors (Lipinski definition) is 2. The Morgan fingerprint density at radius 1 is 1.11 bits per heavy atom. The van der Waals surface area contributed by atoms with Gasteiger partial charge in [0.1, 0.15) is 0 Å². The van der Waals surface area contributed by atoms with Crippen LogP contribution in [0, 0.1) is 0 Å². The molecule has 4 heteroatoms. The Balaban J connectivity index is 2.28. The highest BCUT2D eigenvalue weighted by molar-refractivity contribution is 6.10. The maximum atomic E-state index is 13.5. The molecule has 0 radical (unpaired) electrons. The molecule has 0 unspecified atom stereocenters. The first kappa shape index (κ1) is 19.4. The van der Waals surface area contributed by atoms with Gasteiger partial charge in [0.15, 0.2) is 0 Å². The summed E-state index contributed by atoms with van der Waals surface area (Å²) in [5.41, 5.74) is 2.53. The van der Waals surface area contributed by atoms with E-state index in [0.717, 1.165) is 16.8 Å². The Morgan fingerprint density at radius 2 is 1.82 bits per heavy atom. The Labute approximate surface area is 164 Å². The maximum absolute atomic E-state index is 13.5. The molecule has 3 aromatic rings. The van der Waals surface area contributed by atoms with Crippen molar-refractivity contribution in [2.24, 2.45) is 0 Å². The number of amides is 1. The van der Waals surface area contributed by atoms with Crippen LogP contribution in [0.1, 0.15) is 32.4 Å². The summed E-state index contributed by atoms with van der Waals surface area (Å²) in [6.07, 6.45) is 3.19. The molecule has 1 N–H and O–H groups in total. The number of carbonyl (C=O) groups excluding carboxylic acids is 1. The molecule has 142 valence electrons. The molecule has 28 heavy (non-hydrogen) atoms. The van der Waals surface area contributed by atoms with E-state index in [1.165, 1.54) is 6.08 Å². The van der Waals surface area contributed by atoms with Gasteiger partial charge in [-0.2, -0.15) is 0 Å². The molecule has 0 fully saturated rings. The van der Waals surface area contributed by atoms with E-state index in [2.05, 4.69) is 25.7 Å². The van der Waals surface area contributed by atoms with E-state index in [0.29, 0.717) is 16.6 Å². The molecule has 2 aromatic carbocycles. The number of nitrogens with one attached hydrogen (secondary N) is 1. The molecule has 1 heterocycles. The van der Waals surface area contributed by atoms with Gasteiger partial charge < -0.3 is 5.32 Å². The van der Waals surface area contributed by atoms with E-state index in [-0.39, 0.29) is 17.4 Å². The van der Waals surface area contributed by atoms with Crippen molar-refractivity contribution in [2.45, 2.75) is 26.7 Å². The SMILES string of the molecule is C=C/C(=C\C)C(=O)Nc1cccc2cc(C(C)C)n(-c3ccccc3)c(=O)c12. The third kappa shape index (κ3) is 3.54. The summed E-state index contributed by atoms with van der Waals surface area (Å²) in [7, 11) is 0. The highest BCUT2D eigenvalue weighted by atomic mass is 16.2. The predicted octanol–water partition coefficient (Wildman–Crippen LogP) is 5.18. The Morgan fingerprint density at radius 3 is 2.43 bits per heavy atom. The van der Waals surface area contributed by atoms with Crippen LogP contribution in [0.2, 0.25) is 0 Å². The Kier molecular flexibility index (Phi) is 5.59. The molecule has 3 rings (SSSR count). The lowest BCUT2D eigenvalue weighted by molar-refractivity contribution is -0.112. The second-order valence-corrected chi connectivity index (χ2v) is 6.87. The van der Waals surface area contributed by atoms with Gasteiger partial charge in [-0.25, -0.2) is 0 Å². The zero-order chi connectivity index (χ0) is 20.3. The molecule has 4 nitrogen and oxygen atoms in total. The van der Waals surface area contributed by atoms with E-state index in [1.807, 2.05) is 48.5 Å². The maximum Gasteiger partial charge on any atom is 0.265 e. The highest BCUT2D eigenvalue weighted by Crippen LogP contribution is 2.26. The number of benzene rings is 2. The first-order valence-electron chi connectivity index (χ1n) is 9.32. The number of hydrogen-bond donors (Lipinski definition) is 1. The molecule has 0 saturated heterocycles. The van der Waals surface area contributed by atoms with Gasteiger partial charge in [-0.1, -0.05) is 62.9 Å². The van der Waals surface area contributed by atoms with Gasteiger partial charge >= 0.3 is 0 Å². The number of pyridine rings is 1. The third-order valence-electron chi connectivity index (χ3n) is 4.72. The van der Waals surface area contributed by atoms with E-state index in [1.54, 1.807) is 23.6 Å². The van der Waals surface area contributed by atoms with Crippen LogP contribution in [0.25, 0.3) is 16.5 Å². The number of aromatic nitrogens is 1. The number of carbonyl (C=O) groups is 1. The van der Waals surface area contributed by atoms with Gasteiger partial charge in [-0.05, 0) is 42.5 Å². The summed E-state index contributed by atoms with van der Waals surface area (Å²) >= 11 is 0. The van der Waals surface area contributed by atoms with Crippen LogP contribution >= 0.6 is 0 Å². The zero-order valence-corrected chi connectivity index (χ0v) is 16.4. The lowest BCUT2D eigenvalue weighted by atomic mass is 10.0. The molecule has 0 saturated carbocycles. The quantitative estimate of drug-likeness (QED) is 0.495. The van der Waals surface area contributed by atoms with Crippen molar-refractivity contribution < 1.29 is 4.79 Å². The molecular formula is C24H24N2O2. The van der Waals surface area contributed by atoms with Crippen LogP contribution in [-0.4, -0.2) is 10.5 Å². The Hall–Kier alpha value is -3.40. The zero-order valence-electron chi connectivity index (χ0n) is 16.4. The Bertz CT molecular complexity index is 1120. The van der Waals surface area contributed by atoms with E-state index < -0.39 is 0 Å². The third-order valence-corrected chi connectivity index (χ3v) is 4.72. The summed E-state index contributed by atoms with van der Waals surface area (Å²) in [6.45, 7) is 9.57. The van der Waals surface area contributed by atoms with Crippen molar-refractivity contribution in [3.05, 3.63) is 94.9 Å². The molecule has 0 aliphatic rings. The minimum Gasteiger partial charge on any atom is -0.321 e. The van der Waals surface area contributed by atoms with Crippen LogP contribution in [-0.2, 0) is 4.79 Å². The lowest BCUT2D eigenvalue weighted by Crippen LogP contribution is -2.24. The van der Waals surface area contributed by atoms with Gasteiger partial charge in [-0.3, -0.25) is 14.2 Å². The fourth-order valence-electron chi connectivity index (χ4n) is 3.29. The largest absolute Gasteiger partial charge is 0.321 e. The van der Waals surface area contributed by atoms with Crippen molar-refractivity contribution in [1.82, 2.24) is 4.57 Å². The second kappa shape index (κ2) is 8.09. The standard InChI is InChI=1S/C24H24N2O2/c1-5-17(6-2)23(27)25-20-14-10-11-18-15-21(16(3)4)26(24(28)22(18)20)19-12-8-7-9-13-19/h5-16H,1H2,2-4H3,(H,25,27)/b17-6+. The smallest absolute Gasteiger partial charge is 0.265 e. The summed E-state index contributed by atoms with van der Waals surface area (Å²) in [4.78, 5) is 26.0. The highest BCUT2D eigenvalue weighted by Gasteiger charge is 2.17. The van der Waals surface area contributed by atoms with Crippen molar-refractivity contribution in [2.75, 3.05) is 5.32 Å². The van der Waals surface area contributed by atoms with E-state index >= 15 is 0 Å². The van der Waals surface area contributed by atoms with Gasteiger partial charge in [0.25, 0.3) is 11.5 Å². The molecule has 0 spiro atoms. The summed E-state index contributed by atoms with van der Waals surface area (Å²) < 4.78 is 1.73. The van der Waals surface area contributed by atoms with Crippen molar-refractivity contribution in [1.29, 1.82) is 0 Å². The second-order valence-electron chi connectivity index (χ2n) is 6.87. The van der Waals surface area contributed by atoms with Crippen LogP contribution in [0.15, 0.2) is 83.7 Å².